The smallest absolute Gasteiger partial charge is 0.00489 e. The second-order valence-electron chi connectivity index (χ2n) is 2.16. The molecule has 1 fully saturated rings. The fraction of sp³-hybridized carbons (Fsp3) is 1.00. The van der Waals surface area contributed by atoms with E-state index >= 15 is 0 Å². The topological polar surface area (TPSA) is 12.0 Å². The molecular weight excluding hydrogens is 134 g/mol. The van der Waals surface area contributed by atoms with Crippen LogP contribution in [0.25, 0.3) is 0 Å². The fourth-order valence-corrected chi connectivity index (χ4v) is 0.979. The minimum Gasteiger partial charge on any atom is -0.317 e. The first-order valence-electron chi connectivity index (χ1n) is 5.21. The summed E-state index contributed by atoms with van der Waals surface area (Å²) in [5, 5.41) is 3.35. The molecule has 0 aliphatic carbocycles. The zero-order chi connectivity index (χ0) is 8.95. The van der Waals surface area contributed by atoms with E-state index in [1.165, 1.54) is 38.8 Å². The maximum absolute atomic E-state index is 3.35. The molecule has 0 saturated carbocycles. The van der Waals surface area contributed by atoms with Gasteiger partial charge in [0.25, 0.3) is 0 Å². The van der Waals surface area contributed by atoms with Gasteiger partial charge in [-0.15, -0.1) is 0 Å². The Balaban J connectivity index is 0. The molecule has 1 heterocycles. The van der Waals surface area contributed by atoms with Crippen molar-refractivity contribution in [3.05, 3.63) is 0 Å². The summed E-state index contributed by atoms with van der Waals surface area (Å²) < 4.78 is 0. The number of hydrogen-bond acceptors (Lipinski definition) is 1. The van der Waals surface area contributed by atoms with Crippen LogP contribution < -0.4 is 5.32 Å². The molecule has 1 heteroatoms. The summed E-state index contributed by atoms with van der Waals surface area (Å²) in [5.41, 5.74) is 0. The summed E-state index contributed by atoms with van der Waals surface area (Å²) in [4.78, 5) is 0. The Bertz CT molecular complexity index is 24.5. The molecule has 0 radical (unpaired) electrons. The van der Waals surface area contributed by atoms with Crippen LogP contribution in [0.5, 0.6) is 0 Å². The van der Waals surface area contributed by atoms with Crippen LogP contribution in [-0.2, 0) is 0 Å². The van der Waals surface area contributed by atoms with Crippen LogP contribution in [0.3, 0.4) is 0 Å². The van der Waals surface area contributed by atoms with Crippen molar-refractivity contribution < 1.29 is 0 Å². The zero-order valence-electron chi connectivity index (χ0n) is 8.74. The molecule has 0 aromatic heterocycles. The van der Waals surface area contributed by atoms with Crippen LogP contribution in [0, 0.1) is 0 Å². The maximum Gasteiger partial charge on any atom is -0.00489 e. The molecule has 0 atom stereocenters. The molecule has 0 unspecified atom stereocenters. The molecule has 70 valence electrons. The molecule has 1 N–H and O–H groups in total. The van der Waals surface area contributed by atoms with Gasteiger partial charge in [0.05, 0.1) is 0 Å². The van der Waals surface area contributed by atoms with E-state index in [-0.39, 0.29) is 0 Å². The van der Waals surface area contributed by atoms with Gasteiger partial charge in [-0.05, 0) is 25.9 Å². The van der Waals surface area contributed by atoms with Gasteiger partial charge in [0, 0.05) is 0 Å². The first-order chi connectivity index (χ1) is 5.50. The minimum atomic E-state index is 1.25. The van der Waals surface area contributed by atoms with Crippen LogP contribution in [0.4, 0.5) is 0 Å². The number of rotatable bonds is 0. The monoisotopic (exact) mass is 159 g/mol. The van der Waals surface area contributed by atoms with Crippen molar-refractivity contribution in [3.63, 3.8) is 0 Å². The van der Waals surface area contributed by atoms with Crippen LogP contribution >= 0.6 is 0 Å². The first kappa shape index (κ1) is 13.5. The molecule has 1 aliphatic heterocycles. The molecule has 1 aliphatic rings. The molecular formula is C10H25N. The van der Waals surface area contributed by atoms with Gasteiger partial charge in [-0.3, -0.25) is 0 Å². The molecule has 1 saturated heterocycles. The van der Waals surface area contributed by atoms with Crippen molar-refractivity contribution in [2.75, 3.05) is 13.1 Å². The van der Waals surface area contributed by atoms with Gasteiger partial charge >= 0.3 is 0 Å². The highest BCUT2D eigenvalue weighted by Crippen LogP contribution is 2.00. The molecule has 0 aromatic carbocycles. The Morgan fingerprint density at radius 2 is 1.00 bits per heavy atom. The normalized spacial score (nSPS) is 16.4. The molecule has 0 spiro atoms. The lowest BCUT2D eigenvalue weighted by Crippen LogP contribution is -2.12. The standard InChI is InChI=1S/C6H13N.2C2H6/c1-2-4-6-7-5-3-1;2*1-2/h7H,1-6H2;2*1-2H3. The second kappa shape index (κ2) is 16.5. The highest BCUT2D eigenvalue weighted by molar-refractivity contribution is 4.54. The lowest BCUT2D eigenvalue weighted by atomic mass is 10.2. The van der Waals surface area contributed by atoms with Crippen molar-refractivity contribution in [2.24, 2.45) is 0 Å². The Morgan fingerprint density at radius 1 is 0.636 bits per heavy atom. The van der Waals surface area contributed by atoms with E-state index < -0.39 is 0 Å². The van der Waals surface area contributed by atoms with Gasteiger partial charge in [-0.2, -0.15) is 0 Å². The van der Waals surface area contributed by atoms with Gasteiger partial charge in [0.15, 0.2) is 0 Å². The first-order valence-corrected chi connectivity index (χ1v) is 5.21. The highest BCUT2D eigenvalue weighted by atomic mass is 14.8. The van der Waals surface area contributed by atoms with Crippen molar-refractivity contribution in [1.29, 1.82) is 0 Å². The molecule has 0 amide bonds. The van der Waals surface area contributed by atoms with E-state index in [1.807, 2.05) is 27.7 Å². The maximum atomic E-state index is 3.35. The second-order valence-corrected chi connectivity index (χ2v) is 2.16. The predicted molar refractivity (Wildman–Crippen MR) is 54.0 cm³/mol. The highest BCUT2D eigenvalue weighted by Gasteiger charge is 1.94. The Kier molecular flexibility index (Phi) is 20.3. The van der Waals surface area contributed by atoms with E-state index in [2.05, 4.69) is 5.32 Å². The summed E-state index contributed by atoms with van der Waals surface area (Å²) in [6.07, 6.45) is 5.65. The van der Waals surface area contributed by atoms with Crippen LogP contribution in [0.15, 0.2) is 0 Å². The van der Waals surface area contributed by atoms with Crippen LogP contribution in [-0.4, -0.2) is 13.1 Å². The van der Waals surface area contributed by atoms with E-state index in [0.717, 1.165) is 0 Å². The van der Waals surface area contributed by atoms with E-state index in [0.29, 0.717) is 0 Å². The summed E-state index contributed by atoms with van der Waals surface area (Å²) in [6, 6.07) is 0. The predicted octanol–water partition coefficient (Wildman–Crippen LogP) is 3.20. The molecule has 1 rings (SSSR count). The Hall–Kier alpha value is -0.0400. The van der Waals surface area contributed by atoms with Crippen molar-refractivity contribution in [1.82, 2.24) is 5.32 Å². The average Bonchev–Trinajstić information content (AvgIpc) is 2.42. The lowest BCUT2D eigenvalue weighted by molar-refractivity contribution is 0.702. The van der Waals surface area contributed by atoms with Gasteiger partial charge in [-0.1, -0.05) is 40.5 Å². The van der Waals surface area contributed by atoms with Gasteiger partial charge in [-0.25, -0.2) is 0 Å². The number of nitrogens with one attached hydrogen (secondary N) is 1. The minimum absolute atomic E-state index is 1.25. The SMILES string of the molecule is C1CCCNCC1.CC.CC. The van der Waals surface area contributed by atoms with Gasteiger partial charge in [0.2, 0.25) is 0 Å². The molecule has 1 nitrogen and oxygen atoms in total. The van der Waals surface area contributed by atoms with Crippen molar-refractivity contribution in [2.45, 2.75) is 53.4 Å². The fourth-order valence-electron chi connectivity index (χ4n) is 0.979. The third-order valence-corrected chi connectivity index (χ3v) is 1.46. The van der Waals surface area contributed by atoms with Crippen molar-refractivity contribution in [3.8, 4) is 0 Å². The molecule has 0 bridgehead atoms. The summed E-state index contributed by atoms with van der Waals surface area (Å²) in [5.74, 6) is 0. The Labute approximate surface area is 72.6 Å². The summed E-state index contributed by atoms with van der Waals surface area (Å²) in [7, 11) is 0. The number of hydrogen-bond donors (Lipinski definition) is 1. The summed E-state index contributed by atoms with van der Waals surface area (Å²) >= 11 is 0. The molecule has 11 heavy (non-hydrogen) atoms. The third-order valence-electron chi connectivity index (χ3n) is 1.46. The van der Waals surface area contributed by atoms with Gasteiger partial charge < -0.3 is 5.32 Å². The summed E-state index contributed by atoms with van der Waals surface area (Å²) in [6.45, 7) is 10.5. The zero-order valence-corrected chi connectivity index (χ0v) is 8.74. The van der Waals surface area contributed by atoms with Crippen LogP contribution in [0.1, 0.15) is 53.4 Å². The quantitative estimate of drug-likeness (QED) is 0.572. The average molecular weight is 159 g/mol. The van der Waals surface area contributed by atoms with Crippen molar-refractivity contribution >= 4 is 0 Å². The van der Waals surface area contributed by atoms with E-state index in [9.17, 15) is 0 Å². The third kappa shape index (κ3) is 13.0. The largest absolute Gasteiger partial charge is 0.317 e. The van der Waals surface area contributed by atoms with Crippen LogP contribution in [0.2, 0.25) is 0 Å². The van der Waals surface area contributed by atoms with E-state index in [1.54, 1.807) is 0 Å². The Morgan fingerprint density at radius 3 is 1.36 bits per heavy atom. The molecule has 0 aromatic rings. The lowest BCUT2D eigenvalue weighted by Gasteiger charge is -1.91. The van der Waals surface area contributed by atoms with Gasteiger partial charge in [0.1, 0.15) is 0 Å². The van der Waals surface area contributed by atoms with E-state index in [4.69, 9.17) is 0 Å².